The minimum Gasteiger partial charge on any atom is -0.466 e. The van der Waals surface area contributed by atoms with Crippen LogP contribution in [0.15, 0.2) is 4.99 Å². The van der Waals surface area contributed by atoms with Crippen molar-refractivity contribution in [3.63, 3.8) is 0 Å². The van der Waals surface area contributed by atoms with Gasteiger partial charge in [-0.2, -0.15) is 4.99 Å². The van der Waals surface area contributed by atoms with Crippen LogP contribution >= 0.6 is 0 Å². The smallest absolute Gasteiger partial charge is 0.348 e. The second kappa shape index (κ2) is 3.14. The van der Waals surface area contributed by atoms with E-state index in [1.54, 1.807) is 6.92 Å². The number of ether oxygens (including phenoxy) is 1. The van der Waals surface area contributed by atoms with Crippen molar-refractivity contribution in [2.75, 3.05) is 6.61 Å². The molecule has 5 nitrogen and oxygen atoms in total. The van der Waals surface area contributed by atoms with Gasteiger partial charge in [-0.1, -0.05) is 0 Å². The number of amidine groups is 1. The first-order valence-electron chi connectivity index (χ1n) is 3.26. The van der Waals surface area contributed by atoms with Crippen molar-refractivity contribution in [3.8, 4) is 0 Å². The molecule has 0 fully saturated rings. The predicted molar refractivity (Wildman–Crippen MR) is 37.2 cm³/mol. The maximum atomic E-state index is 10.7. The topological polar surface area (TPSA) is 67.8 Å². The molecule has 0 unspecified atom stereocenters. The van der Waals surface area contributed by atoms with Crippen molar-refractivity contribution < 1.29 is 14.3 Å². The van der Waals surface area contributed by atoms with E-state index in [-0.39, 0.29) is 12.4 Å². The summed E-state index contributed by atoms with van der Waals surface area (Å²) in [5, 5.41) is 2.34. The molecule has 1 aliphatic rings. The molecule has 0 spiro atoms. The number of nitrogens with zero attached hydrogens (tertiary/aromatic N) is 1. The number of urea groups is 1. The van der Waals surface area contributed by atoms with E-state index in [1.807, 2.05) is 0 Å². The molecule has 5 heteroatoms. The van der Waals surface area contributed by atoms with E-state index >= 15 is 0 Å². The zero-order valence-electron chi connectivity index (χ0n) is 6.09. The lowest BCUT2D eigenvalue weighted by Gasteiger charge is -2.12. The normalized spacial score (nSPS) is 14.6. The molecule has 0 aromatic carbocycles. The summed E-state index contributed by atoms with van der Waals surface area (Å²) < 4.78 is 4.61. The van der Waals surface area contributed by atoms with Crippen molar-refractivity contribution >= 4 is 17.8 Å². The second-order valence-electron chi connectivity index (χ2n) is 1.97. The number of rotatable bonds is 3. The lowest BCUT2D eigenvalue weighted by Crippen LogP contribution is -2.40. The van der Waals surface area contributed by atoms with Crippen molar-refractivity contribution in [2.45, 2.75) is 13.3 Å². The van der Waals surface area contributed by atoms with Crippen LogP contribution in [-0.2, 0) is 9.53 Å². The maximum Gasteiger partial charge on any atom is 0.348 e. The Morgan fingerprint density at radius 1 is 1.73 bits per heavy atom. The van der Waals surface area contributed by atoms with Crippen molar-refractivity contribution in [1.29, 1.82) is 0 Å². The molecule has 1 N–H and O–H groups in total. The summed E-state index contributed by atoms with van der Waals surface area (Å²) in [5.74, 6) is 0.0136. The Hall–Kier alpha value is -1.39. The van der Waals surface area contributed by atoms with Crippen LogP contribution in [0.5, 0.6) is 0 Å². The van der Waals surface area contributed by atoms with Gasteiger partial charge in [0, 0.05) is 0 Å². The molecule has 11 heavy (non-hydrogen) atoms. The molecule has 1 aliphatic heterocycles. The number of carbonyl (C=O) groups is 2. The summed E-state index contributed by atoms with van der Waals surface area (Å²) in [6.07, 6.45) is 0.0551. The van der Waals surface area contributed by atoms with Crippen molar-refractivity contribution in [2.24, 2.45) is 4.99 Å². The molecule has 0 radical (unpaired) electrons. The van der Waals surface area contributed by atoms with E-state index in [0.29, 0.717) is 12.4 Å². The second-order valence-corrected chi connectivity index (χ2v) is 1.97. The minimum absolute atomic E-state index is 0.0551. The Labute approximate surface area is 63.4 Å². The Morgan fingerprint density at radius 3 is 2.82 bits per heavy atom. The molecule has 2 amide bonds. The van der Waals surface area contributed by atoms with Gasteiger partial charge in [-0.05, 0) is 6.92 Å². The highest BCUT2D eigenvalue weighted by Crippen LogP contribution is 1.97. The van der Waals surface area contributed by atoms with Crippen LogP contribution in [0.25, 0.3) is 0 Å². The molecule has 0 aromatic heterocycles. The number of amides is 2. The highest BCUT2D eigenvalue weighted by molar-refractivity contribution is 6.16. The van der Waals surface area contributed by atoms with Crippen LogP contribution in [0, 0.1) is 0 Å². The molecule has 0 saturated carbocycles. The molecular formula is C6H8N2O3. The van der Waals surface area contributed by atoms with Gasteiger partial charge in [0.25, 0.3) is 0 Å². The summed E-state index contributed by atoms with van der Waals surface area (Å²) >= 11 is 0. The zero-order valence-corrected chi connectivity index (χ0v) is 6.09. The van der Waals surface area contributed by atoms with E-state index in [2.05, 4.69) is 15.0 Å². The van der Waals surface area contributed by atoms with Gasteiger partial charge in [-0.25, -0.2) is 4.79 Å². The van der Waals surface area contributed by atoms with E-state index in [9.17, 15) is 9.59 Å². The van der Waals surface area contributed by atoms with Gasteiger partial charge in [-0.15, -0.1) is 0 Å². The molecular weight excluding hydrogens is 148 g/mol. The van der Waals surface area contributed by atoms with Crippen LogP contribution in [0.3, 0.4) is 0 Å². The summed E-state index contributed by atoms with van der Waals surface area (Å²) in [5.41, 5.74) is 0. The number of esters is 1. The van der Waals surface area contributed by atoms with Gasteiger partial charge in [0.2, 0.25) is 0 Å². The Kier molecular flexibility index (Phi) is 2.20. The highest BCUT2D eigenvalue weighted by atomic mass is 16.5. The molecule has 0 atom stereocenters. The van der Waals surface area contributed by atoms with Crippen LogP contribution in [0.1, 0.15) is 13.3 Å². The van der Waals surface area contributed by atoms with E-state index in [1.165, 1.54) is 0 Å². The maximum absolute atomic E-state index is 10.7. The van der Waals surface area contributed by atoms with E-state index in [4.69, 9.17) is 0 Å². The van der Waals surface area contributed by atoms with Gasteiger partial charge in [-0.3, -0.25) is 10.1 Å². The Bertz CT molecular complexity index is 222. The fourth-order valence-corrected chi connectivity index (χ4v) is 0.681. The van der Waals surface area contributed by atoms with Gasteiger partial charge < -0.3 is 4.74 Å². The van der Waals surface area contributed by atoms with Gasteiger partial charge in [0.15, 0.2) is 0 Å². The Balaban J connectivity index is 2.27. The summed E-state index contributed by atoms with van der Waals surface area (Å²) in [4.78, 5) is 24.3. The van der Waals surface area contributed by atoms with Crippen molar-refractivity contribution in [3.05, 3.63) is 0 Å². The summed E-state index contributed by atoms with van der Waals surface area (Å²) in [6, 6.07) is -0.399. The molecule has 0 aliphatic carbocycles. The molecule has 60 valence electrons. The van der Waals surface area contributed by atoms with Gasteiger partial charge >= 0.3 is 12.0 Å². The quantitative estimate of drug-likeness (QED) is 0.587. The van der Waals surface area contributed by atoms with Crippen LogP contribution in [-0.4, -0.2) is 24.4 Å². The van der Waals surface area contributed by atoms with Crippen molar-refractivity contribution in [1.82, 2.24) is 5.32 Å². The number of carbonyl (C=O) groups excluding carboxylic acids is 2. The predicted octanol–water partition coefficient (Wildman–Crippen LogP) is 0.0613. The van der Waals surface area contributed by atoms with Crippen LogP contribution in [0.4, 0.5) is 4.79 Å². The fraction of sp³-hybridized carbons (Fsp3) is 0.500. The zero-order chi connectivity index (χ0) is 8.27. The average molecular weight is 156 g/mol. The first-order valence-corrected chi connectivity index (χ1v) is 3.26. The minimum atomic E-state index is -0.399. The fourth-order valence-electron chi connectivity index (χ4n) is 0.681. The van der Waals surface area contributed by atoms with Crippen LogP contribution in [0.2, 0.25) is 0 Å². The Morgan fingerprint density at radius 2 is 2.36 bits per heavy atom. The van der Waals surface area contributed by atoms with E-state index < -0.39 is 6.03 Å². The molecule has 1 heterocycles. The number of hydrogen-bond donors (Lipinski definition) is 1. The highest BCUT2D eigenvalue weighted by Gasteiger charge is 2.19. The van der Waals surface area contributed by atoms with Gasteiger partial charge in [0.1, 0.15) is 12.3 Å². The standard InChI is InChI=1S/C6H8N2O3/c1-2-11-5(9)3-4-7-6(10)8-4/h2-3H2,1H3,(H,7,8,10). The lowest BCUT2D eigenvalue weighted by molar-refractivity contribution is -0.141. The first-order chi connectivity index (χ1) is 5.22. The van der Waals surface area contributed by atoms with E-state index in [0.717, 1.165) is 0 Å². The molecule has 0 saturated heterocycles. The monoisotopic (exact) mass is 156 g/mol. The van der Waals surface area contributed by atoms with Gasteiger partial charge in [0.05, 0.1) is 6.61 Å². The number of hydrogen-bond acceptors (Lipinski definition) is 3. The largest absolute Gasteiger partial charge is 0.466 e. The molecule has 0 bridgehead atoms. The molecule has 0 aromatic rings. The third-order valence-corrected chi connectivity index (χ3v) is 1.10. The SMILES string of the molecule is CCOC(=O)CC1=NC(=O)N1. The summed E-state index contributed by atoms with van der Waals surface area (Å²) in [7, 11) is 0. The third-order valence-electron chi connectivity index (χ3n) is 1.10. The third kappa shape index (κ3) is 2.03. The lowest BCUT2D eigenvalue weighted by atomic mass is 10.3. The number of nitrogens with one attached hydrogen (secondary N) is 1. The average Bonchev–Trinajstić information content (AvgIpc) is 1.85. The van der Waals surface area contributed by atoms with Crippen LogP contribution < -0.4 is 5.32 Å². The number of aliphatic imine (C=N–C) groups is 1. The molecule has 1 rings (SSSR count). The summed E-state index contributed by atoms with van der Waals surface area (Å²) in [6.45, 7) is 2.07. The first kappa shape index (κ1) is 7.71.